The molecule has 2 aromatic carbocycles. The number of piperidine rings is 1. The first-order valence-corrected chi connectivity index (χ1v) is 10.4. The zero-order chi connectivity index (χ0) is 20.6. The molecule has 0 radical (unpaired) electrons. The van der Waals surface area contributed by atoms with Crippen LogP contribution in [-0.4, -0.2) is 42.5 Å². The van der Waals surface area contributed by atoms with E-state index in [2.05, 4.69) is 12.2 Å². The van der Waals surface area contributed by atoms with E-state index in [-0.39, 0.29) is 24.5 Å². The van der Waals surface area contributed by atoms with Gasteiger partial charge in [-0.3, -0.25) is 9.59 Å². The number of hydrogen-bond donors (Lipinski definition) is 1. The summed E-state index contributed by atoms with van der Waals surface area (Å²) in [6, 6.07) is 15.6. The number of nitrogens with zero attached hydrogens (tertiary/aromatic N) is 1. The Bertz CT molecular complexity index is 824. The van der Waals surface area contributed by atoms with Gasteiger partial charge in [0, 0.05) is 24.7 Å². The number of rotatable bonds is 7. The van der Waals surface area contributed by atoms with E-state index in [0.717, 1.165) is 37.0 Å². The number of likely N-dealkylation sites (tertiary alicyclic amines) is 1. The third-order valence-corrected chi connectivity index (χ3v) is 5.29. The summed E-state index contributed by atoms with van der Waals surface area (Å²) < 4.78 is 5.65. The van der Waals surface area contributed by atoms with Crippen molar-refractivity contribution in [2.75, 3.05) is 19.7 Å². The second-order valence-corrected chi connectivity index (χ2v) is 7.68. The van der Waals surface area contributed by atoms with Gasteiger partial charge in [0.1, 0.15) is 5.75 Å². The monoisotopic (exact) mass is 394 g/mol. The van der Waals surface area contributed by atoms with Crippen LogP contribution in [0.5, 0.6) is 5.75 Å². The predicted octanol–water partition coefficient (Wildman–Crippen LogP) is 3.75. The van der Waals surface area contributed by atoms with E-state index < -0.39 is 0 Å². The highest BCUT2D eigenvalue weighted by Crippen LogP contribution is 2.15. The van der Waals surface area contributed by atoms with Gasteiger partial charge in [-0.15, -0.1) is 0 Å². The fraction of sp³-hybridized carbons (Fsp3) is 0.417. The number of carbonyl (C=O) groups excluding carboxylic acids is 2. The topological polar surface area (TPSA) is 58.6 Å². The van der Waals surface area contributed by atoms with Gasteiger partial charge in [0.15, 0.2) is 6.61 Å². The molecule has 1 N–H and O–H groups in total. The second kappa shape index (κ2) is 10.1. The molecule has 0 unspecified atom stereocenters. The van der Waals surface area contributed by atoms with E-state index >= 15 is 0 Å². The minimum Gasteiger partial charge on any atom is -0.484 e. The summed E-state index contributed by atoms with van der Waals surface area (Å²) >= 11 is 0. The molecule has 1 fully saturated rings. The van der Waals surface area contributed by atoms with Gasteiger partial charge >= 0.3 is 0 Å². The molecule has 154 valence electrons. The Balaban J connectivity index is 1.41. The molecule has 5 nitrogen and oxygen atoms in total. The quantitative estimate of drug-likeness (QED) is 0.778. The van der Waals surface area contributed by atoms with Crippen LogP contribution in [0.1, 0.15) is 47.7 Å². The number of ether oxygens (including phenoxy) is 1. The van der Waals surface area contributed by atoms with Gasteiger partial charge in [-0.1, -0.05) is 43.2 Å². The van der Waals surface area contributed by atoms with Crippen LogP contribution in [0.15, 0.2) is 48.5 Å². The normalized spacial score (nSPS) is 14.5. The van der Waals surface area contributed by atoms with Gasteiger partial charge in [-0.25, -0.2) is 0 Å². The van der Waals surface area contributed by atoms with Crippen molar-refractivity contribution in [3.05, 3.63) is 65.2 Å². The second-order valence-electron chi connectivity index (χ2n) is 7.68. The Labute approximate surface area is 173 Å². The first kappa shape index (κ1) is 20.9. The van der Waals surface area contributed by atoms with Crippen molar-refractivity contribution in [1.82, 2.24) is 10.2 Å². The molecular weight excluding hydrogens is 364 g/mol. The predicted molar refractivity (Wildman–Crippen MR) is 114 cm³/mol. The molecule has 0 bridgehead atoms. The SMILES string of the molecule is CCCc1ccc(OCC(=O)N2CCC(NC(=O)c3cccc(C)c3)CC2)cc1. The molecule has 2 amide bonds. The minimum atomic E-state index is -0.0478. The molecule has 0 spiro atoms. The third kappa shape index (κ3) is 6.08. The molecule has 2 aromatic rings. The Morgan fingerprint density at radius 1 is 1.10 bits per heavy atom. The van der Waals surface area contributed by atoms with Crippen molar-refractivity contribution < 1.29 is 14.3 Å². The average Bonchev–Trinajstić information content (AvgIpc) is 2.74. The number of hydrogen-bond acceptors (Lipinski definition) is 3. The van der Waals surface area contributed by atoms with Crippen LogP contribution in [0.25, 0.3) is 0 Å². The summed E-state index contributed by atoms with van der Waals surface area (Å²) in [7, 11) is 0. The number of amides is 2. The van der Waals surface area contributed by atoms with Gasteiger partial charge < -0.3 is 15.0 Å². The number of nitrogens with one attached hydrogen (secondary N) is 1. The lowest BCUT2D eigenvalue weighted by Crippen LogP contribution is -2.47. The smallest absolute Gasteiger partial charge is 0.260 e. The summed E-state index contributed by atoms with van der Waals surface area (Å²) in [5.41, 5.74) is 3.03. The van der Waals surface area contributed by atoms with Gasteiger partial charge in [-0.05, 0) is 56.0 Å². The van der Waals surface area contributed by atoms with Crippen molar-refractivity contribution >= 4 is 11.8 Å². The van der Waals surface area contributed by atoms with Crippen LogP contribution >= 0.6 is 0 Å². The standard InChI is InChI=1S/C24H30N2O3/c1-3-5-19-8-10-22(11-9-19)29-17-23(27)26-14-12-21(13-15-26)25-24(28)20-7-4-6-18(2)16-20/h4,6-11,16,21H,3,5,12-15,17H2,1-2H3,(H,25,28). The number of aryl methyl sites for hydroxylation is 2. The fourth-order valence-corrected chi connectivity index (χ4v) is 3.61. The van der Waals surface area contributed by atoms with E-state index in [9.17, 15) is 9.59 Å². The first-order chi connectivity index (χ1) is 14.0. The highest BCUT2D eigenvalue weighted by molar-refractivity contribution is 5.94. The van der Waals surface area contributed by atoms with Gasteiger partial charge in [0.05, 0.1) is 0 Å². The van der Waals surface area contributed by atoms with Crippen LogP contribution in [0.4, 0.5) is 0 Å². The van der Waals surface area contributed by atoms with Crippen molar-refractivity contribution in [1.29, 1.82) is 0 Å². The molecule has 0 atom stereocenters. The molecule has 0 aromatic heterocycles. The fourth-order valence-electron chi connectivity index (χ4n) is 3.61. The number of carbonyl (C=O) groups is 2. The Morgan fingerprint density at radius 2 is 1.83 bits per heavy atom. The molecule has 0 saturated carbocycles. The van der Waals surface area contributed by atoms with Crippen molar-refractivity contribution in [2.24, 2.45) is 0 Å². The Morgan fingerprint density at radius 3 is 2.48 bits per heavy atom. The molecule has 1 heterocycles. The summed E-state index contributed by atoms with van der Waals surface area (Å²) in [5.74, 6) is 0.665. The molecule has 1 aliphatic rings. The van der Waals surface area contributed by atoms with E-state index in [1.54, 1.807) is 0 Å². The summed E-state index contributed by atoms with van der Waals surface area (Å²) in [6.45, 7) is 5.45. The largest absolute Gasteiger partial charge is 0.484 e. The van der Waals surface area contributed by atoms with Crippen LogP contribution in [0.2, 0.25) is 0 Å². The summed E-state index contributed by atoms with van der Waals surface area (Å²) in [5, 5.41) is 3.09. The first-order valence-electron chi connectivity index (χ1n) is 10.4. The molecule has 0 aliphatic carbocycles. The van der Waals surface area contributed by atoms with Gasteiger partial charge in [0.25, 0.3) is 11.8 Å². The highest BCUT2D eigenvalue weighted by atomic mass is 16.5. The van der Waals surface area contributed by atoms with E-state index in [1.165, 1.54) is 5.56 Å². The summed E-state index contributed by atoms with van der Waals surface area (Å²) in [6.07, 6.45) is 3.68. The molecule has 3 rings (SSSR count). The van der Waals surface area contributed by atoms with Crippen LogP contribution in [0, 0.1) is 6.92 Å². The van der Waals surface area contributed by atoms with E-state index in [1.807, 2.05) is 60.4 Å². The maximum Gasteiger partial charge on any atom is 0.260 e. The molecule has 1 saturated heterocycles. The minimum absolute atomic E-state index is 0.00824. The third-order valence-electron chi connectivity index (χ3n) is 5.29. The van der Waals surface area contributed by atoms with Crippen LogP contribution < -0.4 is 10.1 Å². The Hall–Kier alpha value is -2.82. The van der Waals surface area contributed by atoms with E-state index in [4.69, 9.17) is 4.74 Å². The maximum absolute atomic E-state index is 12.4. The lowest BCUT2D eigenvalue weighted by Gasteiger charge is -2.32. The molecule has 1 aliphatic heterocycles. The number of benzene rings is 2. The van der Waals surface area contributed by atoms with Gasteiger partial charge in [0.2, 0.25) is 0 Å². The van der Waals surface area contributed by atoms with Gasteiger partial charge in [-0.2, -0.15) is 0 Å². The maximum atomic E-state index is 12.4. The average molecular weight is 395 g/mol. The zero-order valence-electron chi connectivity index (χ0n) is 17.3. The highest BCUT2D eigenvalue weighted by Gasteiger charge is 2.24. The Kier molecular flexibility index (Phi) is 7.28. The van der Waals surface area contributed by atoms with Crippen molar-refractivity contribution in [3.8, 4) is 5.75 Å². The molecule has 5 heteroatoms. The zero-order valence-corrected chi connectivity index (χ0v) is 17.3. The van der Waals surface area contributed by atoms with E-state index in [0.29, 0.717) is 18.7 Å². The van der Waals surface area contributed by atoms with Crippen LogP contribution in [-0.2, 0) is 11.2 Å². The lowest BCUT2D eigenvalue weighted by atomic mass is 10.0. The van der Waals surface area contributed by atoms with Crippen LogP contribution in [0.3, 0.4) is 0 Å². The summed E-state index contributed by atoms with van der Waals surface area (Å²) in [4.78, 5) is 26.7. The molecular formula is C24H30N2O3. The lowest BCUT2D eigenvalue weighted by molar-refractivity contribution is -0.134. The van der Waals surface area contributed by atoms with Crippen molar-refractivity contribution in [2.45, 2.75) is 45.6 Å². The molecule has 29 heavy (non-hydrogen) atoms. The van der Waals surface area contributed by atoms with Crippen molar-refractivity contribution in [3.63, 3.8) is 0 Å².